The number of anilines is 2. The average Bonchev–Trinajstić information content (AvgIpc) is 3.49. The molecule has 0 radical (unpaired) electrons. The molecule has 2 amide bonds. The van der Waals surface area contributed by atoms with Crippen molar-refractivity contribution in [3.8, 4) is 5.69 Å². The van der Waals surface area contributed by atoms with E-state index >= 15 is 0 Å². The first kappa shape index (κ1) is 22.7. The lowest BCUT2D eigenvalue weighted by atomic mass is 9.95. The highest BCUT2D eigenvalue weighted by Gasteiger charge is 2.61. The molecular formula is C27H20ClN3O4S. The van der Waals surface area contributed by atoms with E-state index in [-0.39, 0.29) is 15.9 Å². The lowest BCUT2D eigenvalue weighted by Gasteiger charge is -2.28. The van der Waals surface area contributed by atoms with Crippen LogP contribution in [0.15, 0.2) is 89.7 Å². The summed E-state index contributed by atoms with van der Waals surface area (Å²) < 4.78 is 1.41. The van der Waals surface area contributed by atoms with Gasteiger partial charge in [-0.2, -0.15) is 0 Å². The van der Waals surface area contributed by atoms with E-state index in [1.165, 1.54) is 9.47 Å². The SMILES string of the molecule is Cc1cccc(N2C(=O)C3ON(c4ccccc4)C(c4sc(=O)n(-c5ccccc5)c4Cl)C3C2=O)c1. The van der Waals surface area contributed by atoms with Crippen molar-refractivity contribution < 1.29 is 14.4 Å². The van der Waals surface area contributed by atoms with E-state index in [0.717, 1.165) is 16.9 Å². The fraction of sp³-hybridized carbons (Fsp3) is 0.148. The van der Waals surface area contributed by atoms with Crippen LogP contribution in [0.25, 0.3) is 5.69 Å². The quantitative estimate of drug-likeness (QED) is 0.360. The third-order valence-corrected chi connectivity index (χ3v) is 7.95. The topological polar surface area (TPSA) is 71.8 Å². The lowest BCUT2D eigenvalue weighted by molar-refractivity contribution is -0.126. The molecule has 2 aliphatic heterocycles. The normalized spacial score (nSPS) is 21.3. The number of carbonyl (C=O) groups is 2. The van der Waals surface area contributed by atoms with Crippen LogP contribution in [0.4, 0.5) is 11.4 Å². The number of hydroxylamine groups is 1. The van der Waals surface area contributed by atoms with E-state index in [4.69, 9.17) is 16.4 Å². The van der Waals surface area contributed by atoms with E-state index in [1.807, 2.05) is 61.5 Å². The molecule has 0 bridgehead atoms. The zero-order valence-electron chi connectivity index (χ0n) is 19.1. The minimum atomic E-state index is -1.04. The van der Waals surface area contributed by atoms with Crippen molar-refractivity contribution in [1.82, 2.24) is 4.57 Å². The molecule has 0 aliphatic carbocycles. The maximum atomic E-state index is 13.8. The summed E-state index contributed by atoms with van der Waals surface area (Å²) in [5.41, 5.74) is 2.69. The maximum Gasteiger partial charge on any atom is 0.313 e. The summed E-state index contributed by atoms with van der Waals surface area (Å²) in [6.07, 6.45) is -1.04. The first-order chi connectivity index (χ1) is 17.5. The molecule has 2 fully saturated rings. The van der Waals surface area contributed by atoms with Gasteiger partial charge in [-0.05, 0) is 48.9 Å². The number of hydrogen-bond acceptors (Lipinski definition) is 6. The molecule has 36 heavy (non-hydrogen) atoms. The van der Waals surface area contributed by atoms with Crippen LogP contribution in [0.5, 0.6) is 0 Å². The van der Waals surface area contributed by atoms with Crippen LogP contribution in [-0.2, 0) is 14.4 Å². The number of hydrogen-bond donors (Lipinski definition) is 0. The Balaban J connectivity index is 1.49. The molecule has 6 rings (SSSR count). The van der Waals surface area contributed by atoms with Gasteiger partial charge in [0.05, 0.1) is 21.9 Å². The zero-order chi connectivity index (χ0) is 25.0. The van der Waals surface area contributed by atoms with Crippen LogP contribution in [0.3, 0.4) is 0 Å². The number of aryl methyl sites for hydroxylation is 1. The van der Waals surface area contributed by atoms with Crippen molar-refractivity contribution in [2.24, 2.45) is 5.92 Å². The van der Waals surface area contributed by atoms with Gasteiger partial charge in [-0.15, -0.1) is 0 Å². The Hall–Kier alpha value is -3.72. The highest BCUT2D eigenvalue weighted by atomic mass is 35.5. The number of nitrogens with zero attached hydrogens (tertiary/aromatic N) is 3. The maximum absolute atomic E-state index is 13.8. The number of fused-ring (bicyclic) bond motifs is 1. The fourth-order valence-corrected chi connectivity index (χ4v) is 6.32. The highest BCUT2D eigenvalue weighted by Crippen LogP contribution is 2.50. The molecule has 0 spiro atoms. The lowest BCUT2D eigenvalue weighted by Crippen LogP contribution is -2.37. The minimum absolute atomic E-state index is 0.195. The van der Waals surface area contributed by atoms with Crippen LogP contribution in [-0.4, -0.2) is 22.5 Å². The van der Waals surface area contributed by atoms with Gasteiger partial charge >= 0.3 is 4.87 Å². The van der Waals surface area contributed by atoms with Gasteiger partial charge < -0.3 is 0 Å². The number of halogens is 1. The second-order valence-electron chi connectivity index (χ2n) is 8.70. The molecule has 3 atom stereocenters. The Morgan fingerprint density at radius 2 is 1.44 bits per heavy atom. The fourth-order valence-electron chi connectivity index (χ4n) is 4.85. The van der Waals surface area contributed by atoms with Crippen LogP contribution >= 0.6 is 22.9 Å². The van der Waals surface area contributed by atoms with E-state index in [1.54, 1.807) is 35.4 Å². The van der Waals surface area contributed by atoms with Crippen molar-refractivity contribution in [3.63, 3.8) is 0 Å². The van der Waals surface area contributed by atoms with Gasteiger partial charge in [0.1, 0.15) is 17.1 Å². The molecule has 180 valence electrons. The monoisotopic (exact) mass is 517 g/mol. The summed E-state index contributed by atoms with van der Waals surface area (Å²) >= 11 is 7.78. The zero-order valence-corrected chi connectivity index (χ0v) is 20.6. The van der Waals surface area contributed by atoms with Crippen molar-refractivity contribution in [1.29, 1.82) is 0 Å². The molecule has 9 heteroatoms. The summed E-state index contributed by atoms with van der Waals surface area (Å²) in [6.45, 7) is 1.90. The molecule has 0 N–H and O–H groups in total. The van der Waals surface area contributed by atoms with Crippen molar-refractivity contribution in [2.45, 2.75) is 19.1 Å². The van der Waals surface area contributed by atoms with Gasteiger partial charge in [0.25, 0.3) is 5.91 Å². The Morgan fingerprint density at radius 3 is 2.11 bits per heavy atom. The number of para-hydroxylation sites is 2. The second kappa shape index (κ2) is 8.74. The number of aromatic nitrogens is 1. The Labute approximate surface area is 215 Å². The van der Waals surface area contributed by atoms with Crippen molar-refractivity contribution >= 4 is 46.1 Å². The predicted molar refractivity (Wildman–Crippen MR) is 139 cm³/mol. The predicted octanol–water partition coefficient (Wildman–Crippen LogP) is 4.91. The molecule has 0 saturated carbocycles. The average molecular weight is 518 g/mol. The van der Waals surface area contributed by atoms with Gasteiger partial charge in [-0.3, -0.25) is 23.8 Å². The Bertz CT molecular complexity index is 1540. The third-order valence-electron chi connectivity index (χ3n) is 6.45. The molecule has 3 heterocycles. The van der Waals surface area contributed by atoms with E-state index < -0.39 is 24.0 Å². The van der Waals surface area contributed by atoms with Crippen LogP contribution in [0.1, 0.15) is 16.5 Å². The molecule has 3 unspecified atom stereocenters. The molecule has 7 nitrogen and oxygen atoms in total. The van der Waals surface area contributed by atoms with E-state index in [0.29, 0.717) is 21.9 Å². The summed E-state index contributed by atoms with van der Waals surface area (Å²) in [7, 11) is 0. The first-order valence-electron chi connectivity index (χ1n) is 11.4. The molecular weight excluding hydrogens is 498 g/mol. The van der Waals surface area contributed by atoms with Gasteiger partial charge in [0.15, 0.2) is 6.10 Å². The number of carbonyl (C=O) groups excluding carboxylic acids is 2. The number of amides is 2. The van der Waals surface area contributed by atoms with Gasteiger partial charge in [-0.1, -0.05) is 71.5 Å². The van der Waals surface area contributed by atoms with Crippen LogP contribution < -0.4 is 14.8 Å². The summed E-state index contributed by atoms with van der Waals surface area (Å²) in [5, 5.41) is 1.74. The van der Waals surface area contributed by atoms with Crippen LogP contribution in [0, 0.1) is 12.8 Å². The first-order valence-corrected chi connectivity index (χ1v) is 12.6. The largest absolute Gasteiger partial charge is 0.313 e. The Kier molecular flexibility index (Phi) is 5.52. The standard InChI is InChI=1S/C27H20ClN3O4S/c1-16-9-8-14-19(15-16)30-25(32)20-21(31(35-22(20)26(30)33)18-12-6-3-7-13-18)23-24(28)29(27(34)36-23)17-10-4-2-5-11-17/h2-15,20-22H,1H3. The number of rotatable bonds is 4. The smallest absolute Gasteiger partial charge is 0.273 e. The van der Waals surface area contributed by atoms with Gasteiger partial charge in [0.2, 0.25) is 5.91 Å². The second-order valence-corrected chi connectivity index (χ2v) is 10.1. The van der Waals surface area contributed by atoms with Crippen molar-refractivity contribution in [3.05, 3.63) is 110 Å². The van der Waals surface area contributed by atoms with Crippen molar-refractivity contribution in [2.75, 3.05) is 9.96 Å². The molecule has 1 aromatic heterocycles. The molecule has 3 aromatic carbocycles. The van der Waals surface area contributed by atoms with E-state index in [9.17, 15) is 14.4 Å². The Morgan fingerprint density at radius 1 is 0.806 bits per heavy atom. The summed E-state index contributed by atoms with van der Waals surface area (Å²) in [4.78, 5) is 47.9. The molecule has 2 saturated heterocycles. The third kappa shape index (κ3) is 3.49. The van der Waals surface area contributed by atoms with Gasteiger partial charge in [-0.25, -0.2) is 9.96 Å². The number of benzene rings is 3. The molecule has 2 aliphatic rings. The molecule has 4 aromatic rings. The number of thiazole rings is 1. The summed E-state index contributed by atoms with van der Waals surface area (Å²) in [5.74, 6) is -1.70. The summed E-state index contributed by atoms with van der Waals surface area (Å²) in [6, 6.07) is 24.7. The highest BCUT2D eigenvalue weighted by molar-refractivity contribution is 7.10. The minimum Gasteiger partial charge on any atom is -0.273 e. The van der Waals surface area contributed by atoms with E-state index in [2.05, 4.69) is 0 Å². The number of imide groups is 1. The van der Waals surface area contributed by atoms with Crippen LogP contribution in [0.2, 0.25) is 5.15 Å². The van der Waals surface area contributed by atoms with Gasteiger partial charge in [0, 0.05) is 0 Å².